The third kappa shape index (κ3) is 2.05. The molecule has 2 aliphatic carbocycles. The van der Waals surface area contributed by atoms with Crippen molar-refractivity contribution >= 4 is 43.2 Å². The maximum absolute atomic E-state index is 3.99. The van der Waals surface area contributed by atoms with E-state index in [1.165, 1.54) is 27.1 Å². The molecule has 4 atom stereocenters. The Labute approximate surface area is 140 Å². The molecular weight excluding hydrogens is 396 g/mol. The summed E-state index contributed by atoms with van der Waals surface area (Å²) in [6.45, 7) is 2.18. The number of rotatable bonds is 2. The predicted molar refractivity (Wildman–Crippen MR) is 92.9 cm³/mol. The normalized spacial score (nSPS) is 28.6. The molecule has 20 heavy (non-hydrogen) atoms. The van der Waals surface area contributed by atoms with E-state index in [0.717, 1.165) is 17.8 Å². The van der Waals surface area contributed by atoms with Crippen molar-refractivity contribution in [1.29, 1.82) is 0 Å². The van der Waals surface area contributed by atoms with Gasteiger partial charge in [-0.05, 0) is 76.2 Å². The highest BCUT2D eigenvalue weighted by molar-refractivity contribution is 9.11. The predicted octanol–water partition coefficient (Wildman–Crippen LogP) is 6.23. The molecule has 0 aliphatic heterocycles. The van der Waals surface area contributed by atoms with Crippen LogP contribution >= 0.6 is 43.2 Å². The Bertz CT molecular complexity index is 641. The molecule has 0 radical (unpaired) electrons. The van der Waals surface area contributed by atoms with E-state index in [1.807, 2.05) is 11.3 Å². The van der Waals surface area contributed by atoms with E-state index in [4.69, 9.17) is 0 Å². The molecule has 0 nitrogen and oxygen atoms in total. The molecule has 2 aromatic rings. The molecule has 1 fully saturated rings. The topological polar surface area (TPSA) is 0 Å². The van der Waals surface area contributed by atoms with Gasteiger partial charge >= 0.3 is 0 Å². The van der Waals surface area contributed by atoms with E-state index < -0.39 is 0 Å². The lowest BCUT2D eigenvalue weighted by atomic mass is 9.92. The summed E-state index contributed by atoms with van der Waals surface area (Å²) in [5.74, 6) is 2.45. The van der Waals surface area contributed by atoms with Crippen LogP contribution in [0.25, 0.3) is 0 Å². The fourth-order valence-electron chi connectivity index (χ4n) is 3.83. The lowest BCUT2D eigenvalue weighted by Gasteiger charge is -2.13. The molecule has 104 valence electrons. The number of fused-ring (bicyclic) bond motifs is 3. The molecule has 3 heteroatoms. The first-order valence-electron chi connectivity index (χ1n) is 7.14. The SMILES string of the molecule is Cc1cc(C(Br)C2C3CCc4ccccc4C32)sc1Br. The average Bonchev–Trinajstić information content (AvgIpc) is 3.11. The first-order valence-corrected chi connectivity index (χ1v) is 9.67. The van der Waals surface area contributed by atoms with Crippen LogP contribution in [0.3, 0.4) is 0 Å². The van der Waals surface area contributed by atoms with Crippen LogP contribution in [-0.4, -0.2) is 0 Å². The van der Waals surface area contributed by atoms with Crippen LogP contribution in [0, 0.1) is 18.8 Å². The summed E-state index contributed by atoms with van der Waals surface area (Å²) in [6.07, 6.45) is 2.63. The van der Waals surface area contributed by atoms with Crippen molar-refractivity contribution in [2.75, 3.05) is 0 Å². The van der Waals surface area contributed by atoms with E-state index in [-0.39, 0.29) is 0 Å². The van der Waals surface area contributed by atoms with Crippen molar-refractivity contribution < 1.29 is 0 Å². The van der Waals surface area contributed by atoms with Gasteiger partial charge in [-0.25, -0.2) is 0 Å². The third-order valence-corrected chi connectivity index (χ3v) is 8.50. The molecule has 0 spiro atoms. The van der Waals surface area contributed by atoms with Crippen LogP contribution in [0.1, 0.15) is 38.7 Å². The lowest BCUT2D eigenvalue weighted by Crippen LogP contribution is -2.00. The summed E-state index contributed by atoms with van der Waals surface area (Å²) in [5, 5.41) is 0. The molecule has 0 bridgehead atoms. The minimum Gasteiger partial charge on any atom is -0.132 e. The van der Waals surface area contributed by atoms with E-state index >= 15 is 0 Å². The van der Waals surface area contributed by atoms with Gasteiger partial charge in [-0.2, -0.15) is 0 Å². The molecule has 0 N–H and O–H groups in total. The zero-order valence-corrected chi connectivity index (χ0v) is 15.3. The number of thiophene rings is 1. The molecule has 1 aromatic carbocycles. The molecule has 0 amide bonds. The Morgan fingerprint density at radius 1 is 1.30 bits per heavy atom. The van der Waals surface area contributed by atoms with Gasteiger partial charge < -0.3 is 0 Å². The molecule has 1 heterocycles. The monoisotopic (exact) mass is 410 g/mol. The number of aryl methyl sites for hydroxylation is 2. The van der Waals surface area contributed by atoms with Gasteiger partial charge in [-0.1, -0.05) is 40.2 Å². The Balaban J connectivity index is 1.63. The molecule has 2 aliphatic rings. The summed E-state index contributed by atoms with van der Waals surface area (Å²) in [6, 6.07) is 11.4. The highest BCUT2D eigenvalue weighted by Crippen LogP contribution is 2.66. The van der Waals surface area contributed by atoms with Crippen LogP contribution in [0.4, 0.5) is 0 Å². The molecule has 1 aromatic heterocycles. The second-order valence-corrected chi connectivity index (χ2v) is 9.40. The van der Waals surface area contributed by atoms with Gasteiger partial charge in [0, 0.05) is 4.88 Å². The lowest BCUT2D eigenvalue weighted by molar-refractivity contribution is 0.629. The van der Waals surface area contributed by atoms with Crippen molar-refractivity contribution in [3.8, 4) is 0 Å². The fourth-order valence-corrected chi connectivity index (χ4v) is 6.57. The van der Waals surface area contributed by atoms with Gasteiger partial charge in [0.1, 0.15) is 0 Å². The molecule has 4 unspecified atom stereocenters. The summed E-state index contributed by atoms with van der Waals surface area (Å²) in [7, 11) is 0. The second kappa shape index (κ2) is 4.96. The van der Waals surface area contributed by atoms with Gasteiger partial charge in [0.2, 0.25) is 0 Å². The standard InChI is InChI=1S/C17H16Br2S/c1-9-8-13(20-17(9)19)16(18)15-12-7-6-10-4-2-3-5-11(10)14(12)15/h2-5,8,12,14-16H,6-7H2,1H3. The smallest absolute Gasteiger partial charge is 0.0730 e. The van der Waals surface area contributed by atoms with Crippen LogP contribution < -0.4 is 0 Å². The summed E-state index contributed by atoms with van der Waals surface area (Å²) in [5.41, 5.74) is 4.56. The zero-order chi connectivity index (χ0) is 13.9. The molecular formula is C17H16Br2S. The van der Waals surface area contributed by atoms with Gasteiger partial charge in [-0.3, -0.25) is 0 Å². The molecule has 0 saturated heterocycles. The number of alkyl halides is 1. The van der Waals surface area contributed by atoms with Crippen LogP contribution in [0.15, 0.2) is 34.1 Å². The van der Waals surface area contributed by atoms with Gasteiger partial charge in [0.25, 0.3) is 0 Å². The van der Waals surface area contributed by atoms with Gasteiger partial charge in [0.05, 0.1) is 8.61 Å². The van der Waals surface area contributed by atoms with Crippen LogP contribution in [-0.2, 0) is 6.42 Å². The van der Waals surface area contributed by atoms with Gasteiger partial charge in [0.15, 0.2) is 0 Å². The zero-order valence-electron chi connectivity index (χ0n) is 11.3. The van der Waals surface area contributed by atoms with Crippen molar-refractivity contribution in [1.82, 2.24) is 0 Å². The quantitative estimate of drug-likeness (QED) is 0.513. The number of hydrogen-bond donors (Lipinski definition) is 0. The van der Waals surface area contributed by atoms with Gasteiger partial charge in [-0.15, -0.1) is 11.3 Å². The van der Waals surface area contributed by atoms with Crippen molar-refractivity contribution in [3.05, 3.63) is 55.7 Å². The van der Waals surface area contributed by atoms with Crippen molar-refractivity contribution in [3.63, 3.8) is 0 Å². The summed E-state index contributed by atoms with van der Waals surface area (Å²) < 4.78 is 1.28. The molecule has 1 saturated carbocycles. The summed E-state index contributed by atoms with van der Waals surface area (Å²) >= 11 is 9.53. The third-order valence-electron chi connectivity index (χ3n) is 4.88. The van der Waals surface area contributed by atoms with Crippen LogP contribution in [0.2, 0.25) is 0 Å². The maximum atomic E-state index is 3.99. The first-order chi connectivity index (χ1) is 9.66. The van der Waals surface area contributed by atoms with E-state index in [1.54, 1.807) is 11.1 Å². The first kappa shape index (κ1) is 13.5. The highest BCUT2D eigenvalue weighted by Gasteiger charge is 2.56. The van der Waals surface area contributed by atoms with Crippen molar-refractivity contribution in [2.45, 2.75) is 30.5 Å². The number of halogens is 2. The minimum atomic E-state index is 0.513. The highest BCUT2D eigenvalue weighted by atomic mass is 79.9. The van der Waals surface area contributed by atoms with E-state index in [2.05, 4.69) is 69.1 Å². The van der Waals surface area contributed by atoms with E-state index in [9.17, 15) is 0 Å². The second-order valence-electron chi connectivity index (χ2n) is 6.01. The Morgan fingerprint density at radius 2 is 2.10 bits per heavy atom. The Kier molecular flexibility index (Phi) is 3.36. The average molecular weight is 412 g/mol. The Morgan fingerprint density at radius 3 is 2.85 bits per heavy atom. The fraction of sp³-hybridized carbons (Fsp3) is 0.412. The Hall–Kier alpha value is -0.120. The maximum Gasteiger partial charge on any atom is 0.0730 e. The summed E-state index contributed by atoms with van der Waals surface area (Å²) in [4.78, 5) is 1.99. The number of hydrogen-bond acceptors (Lipinski definition) is 1. The van der Waals surface area contributed by atoms with Crippen molar-refractivity contribution in [2.24, 2.45) is 11.8 Å². The van der Waals surface area contributed by atoms with Crippen LogP contribution in [0.5, 0.6) is 0 Å². The number of benzene rings is 1. The molecule has 4 rings (SSSR count). The largest absolute Gasteiger partial charge is 0.132 e. The van der Waals surface area contributed by atoms with E-state index in [0.29, 0.717) is 4.83 Å². The minimum absolute atomic E-state index is 0.513.